The van der Waals surface area contributed by atoms with Gasteiger partial charge < -0.3 is 19.9 Å². The van der Waals surface area contributed by atoms with Gasteiger partial charge in [0.25, 0.3) is 0 Å². The molecule has 0 aliphatic heterocycles. The van der Waals surface area contributed by atoms with Gasteiger partial charge in [0.05, 0.1) is 20.3 Å². The first-order chi connectivity index (χ1) is 11.0. The first kappa shape index (κ1) is 17.3. The lowest BCUT2D eigenvalue weighted by molar-refractivity contribution is 0.173. The first-order valence-electron chi connectivity index (χ1n) is 7.72. The summed E-state index contributed by atoms with van der Waals surface area (Å²) in [6, 6.07) is 11.7. The summed E-state index contributed by atoms with van der Waals surface area (Å²) in [7, 11) is 3.20. The first-order valence-corrected chi connectivity index (χ1v) is 7.72. The zero-order chi connectivity index (χ0) is 16.8. The van der Waals surface area contributed by atoms with E-state index < -0.39 is 6.10 Å². The van der Waals surface area contributed by atoms with Crippen molar-refractivity contribution in [2.45, 2.75) is 26.5 Å². The quantitative estimate of drug-likeness (QED) is 0.824. The Labute approximate surface area is 138 Å². The summed E-state index contributed by atoms with van der Waals surface area (Å²) in [6.45, 7) is 5.40. The van der Waals surface area contributed by atoms with Gasteiger partial charge in [0.1, 0.15) is 11.5 Å². The predicted molar refractivity (Wildman–Crippen MR) is 92.1 cm³/mol. The molecule has 0 spiro atoms. The molecule has 0 aromatic heterocycles. The van der Waals surface area contributed by atoms with Crippen LogP contribution < -0.4 is 14.8 Å². The van der Waals surface area contributed by atoms with Gasteiger partial charge in [0.2, 0.25) is 0 Å². The average Bonchev–Trinajstić information content (AvgIpc) is 2.56. The molecule has 0 heterocycles. The van der Waals surface area contributed by atoms with Crippen LogP contribution in [0.2, 0.25) is 0 Å². The lowest BCUT2D eigenvalue weighted by Gasteiger charge is -2.16. The average molecular weight is 315 g/mol. The van der Waals surface area contributed by atoms with E-state index >= 15 is 0 Å². The molecule has 2 N–H and O–H groups in total. The van der Waals surface area contributed by atoms with Gasteiger partial charge in [-0.05, 0) is 48.2 Å². The van der Waals surface area contributed by atoms with Crippen molar-refractivity contribution in [3.63, 3.8) is 0 Å². The second kappa shape index (κ2) is 7.99. The van der Waals surface area contributed by atoms with Crippen molar-refractivity contribution >= 4 is 0 Å². The zero-order valence-electron chi connectivity index (χ0n) is 14.2. The fourth-order valence-corrected chi connectivity index (χ4v) is 2.60. The number of hydrogen-bond acceptors (Lipinski definition) is 4. The maximum atomic E-state index is 10.4. The van der Waals surface area contributed by atoms with Crippen LogP contribution in [0.3, 0.4) is 0 Å². The Balaban J connectivity index is 2.01. The normalized spacial score (nSPS) is 12.0. The highest BCUT2D eigenvalue weighted by atomic mass is 16.5. The molecule has 0 amide bonds. The van der Waals surface area contributed by atoms with E-state index in [-0.39, 0.29) is 0 Å². The van der Waals surface area contributed by atoms with Gasteiger partial charge in [-0.1, -0.05) is 18.2 Å². The van der Waals surface area contributed by atoms with Crippen molar-refractivity contribution in [3.05, 3.63) is 58.7 Å². The highest BCUT2D eigenvalue weighted by Gasteiger charge is 2.11. The molecule has 23 heavy (non-hydrogen) atoms. The molecular formula is C19H25NO3. The highest BCUT2D eigenvalue weighted by Crippen LogP contribution is 2.26. The molecule has 2 aromatic carbocycles. The molecule has 124 valence electrons. The van der Waals surface area contributed by atoms with E-state index in [1.807, 2.05) is 12.1 Å². The van der Waals surface area contributed by atoms with Gasteiger partial charge in [0.15, 0.2) is 0 Å². The Morgan fingerprint density at radius 1 is 1.00 bits per heavy atom. The van der Waals surface area contributed by atoms with Crippen LogP contribution in [0.1, 0.15) is 28.4 Å². The van der Waals surface area contributed by atoms with Gasteiger partial charge in [-0.15, -0.1) is 0 Å². The number of aliphatic hydroxyl groups is 1. The Morgan fingerprint density at radius 3 is 2.09 bits per heavy atom. The smallest absolute Gasteiger partial charge is 0.122 e. The fourth-order valence-electron chi connectivity index (χ4n) is 2.60. The van der Waals surface area contributed by atoms with Crippen molar-refractivity contribution in [2.24, 2.45) is 0 Å². The molecule has 1 unspecified atom stereocenters. The third-order valence-corrected chi connectivity index (χ3v) is 4.04. The van der Waals surface area contributed by atoms with E-state index in [1.165, 1.54) is 16.7 Å². The van der Waals surface area contributed by atoms with Crippen LogP contribution in [0, 0.1) is 13.8 Å². The summed E-state index contributed by atoms with van der Waals surface area (Å²) in [5.74, 6) is 1.35. The molecule has 0 saturated heterocycles. The summed E-state index contributed by atoms with van der Waals surface area (Å²) >= 11 is 0. The van der Waals surface area contributed by atoms with Crippen LogP contribution in [0.25, 0.3) is 0 Å². The lowest BCUT2D eigenvalue weighted by Crippen LogP contribution is -2.22. The second-order valence-electron chi connectivity index (χ2n) is 5.66. The fraction of sp³-hybridized carbons (Fsp3) is 0.368. The Hall–Kier alpha value is -2.04. The summed E-state index contributed by atoms with van der Waals surface area (Å²) in [5, 5.41) is 13.7. The zero-order valence-corrected chi connectivity index (χ0v) is 14.2. The van der Waals surface area contributed by atoms with Crippen LogP contribution in [-0.4, -0.2) is 25.9 Å². The highest BCUT2D eigenvalue weighted by molar-refractivity contribution is 5.39. The maximum absolute atomic E-state index is 10.4. The van der Waals surface area contributed by atoms with Crippen LogP contribution in [0.15, 0.2) is 36.4 Å². The van der Waals surface area contributed by atoms with Crippen molar-refractivity contribution in [3.8, 4) is 11.5 Å². The molecule has 0 radical (unpaired) electrons. The van der Waals surface area contributed by atoms with Crippen molar-refractivity contribution in [2.75, 3.05) is 20.8 Å². The van der Waals surface area contributed by atoms with Crippen molar-refractivity contribution < 1.29 is 14.6 Å². The number of rotatable bonds is 7. The summed E-state index contributed by atoms with van der Waals surface area (Å²) in [6.07, 6.45) is -0.622. The van der Waals surface area contributed by atoms with Gasteiger partial charge in [0, 0.05) is 19.2 Å². The number of benzene rings is 2. The lowest BCUT2D eigenvalue weighted by atomic mass is 10.0. The van der Waals surface area contributed by atoms with E-state index in [0.717, 1.165) is 12.1 Å². The third kappa shape index (κ3) is 4.47. The van der Waals surface area contributed by atoms with Gasteiger partial charge in [-0.3, -0.25) is 0 Å². The summed E-state index contributed by atoms with van der Waals surface area (Å²) in [5.41, 5.74) is 4.57. The van der Waals surface area contributed by atoms with Gasteiger partial charge >= 0.3 is 0 Å². The molecule has 4 heteroatoms. The molecule has 2 aromatic rings. The van der Waals surface area contributed by atoms with Crippen LogP contribution in [-0.2, 0) is 6.54 Å². The van der Waals surface area contributed by atoms with Crippen LogP contribution in [0.5, 0.6) is 11.5 Å². The monoisotopic (exact) mass is 315 g/mol. The van der Waals surface area contributed by atoms with Crippen molar-refractivity contribution in [1.82, 2.24) is 5.32 Å². The molecule has 0 aliphatic carbocycles. The number of methoxy groups -OCH3 is 2. The third-order valence-electron chi connectivity index (χ3n) is 4.04. The number of aryl methyl sites for hydroxylation is 2. The molecule has 4 nitrogen and oxygen atoms in total. The van der Waals surface area contributed by atoms with E-state index in [2.05, 4.69) is 37.4 Å². The molecular weight excluding hydrogens is 290 g/mol. The predicted octanol–water partition coefficient (Wildman–Crippen LogP) is 3.14. The second-order valence-corrected chi connectivity index (χ2v) is 5.66. The molecule has 1 atom stereocenters. The van der Waals surface area contributed by atoms with E-state index in [4.69, 9.17) is 9.47 Å². The summed E-state index contributed by atoms with van der Waals surface area (Å²) < 4.78 is 10.5. The minimum absolute atomic E-state index is 0.462. The topological polar surface area (TPSA) is 50.7 Å². The SMILES string of the molecule is COc1cc(OC)cc(C(O)CNCc2c(C)cccc2C)c1. The molecule has 0 fully saturated rings. The number of ether oxygens (including phenoxy) is 2. The Morgan fingerprint density at radius 2 is 1.57 bits per heavy atom. The van der Waals surface area contributed by atoms with Gasteiger partial charge in [-0.2, -0.15) is 0 Å². The Bertz CT molecular complexity index is 613. The number of nitrogens with one attached hydrogen (secondary N) is 1. The molecule has 0 bridgehead atoms. The number of hydrogen-bond donors (Lipinski definition) is 2. The molecule has 0 aliphatic rings. The van der Waals surface area contributed by atoms with E-state index in [1.54, 1.807) is 20.3 Å². The maximum Gasteiger partial charge on any atom is 0.122 e. The Kier molecular flexibility index (Phi) is 6.02. The van der Waals surface area contributed by atoms with E-state index in [0.29, 0.717) is 18.0 Å². The van der Waals surface area contributed by atoms with Crippen molar-refractivity contribution in [1.29, 1.82) is 0 Å². The largest absolute Gasteiger partial charge is 0.497 e. The van der Waals surface area contributed by atoms with Gasteiger partial charge in [-0.25, -0.2) is 0 Å². The van der Waals surface area contributed by atoms with Crippen LogP contribution >= 0.6 is 0 Å². The number of aliphatic hydroxyl groups excluding tert-OH is 1. The molecule has 0 saturated carbocycles. The minimum atomic E-state index is -0.622. The minimum Gasteiger partial charge on any atom is -0.497 e. The summed E-state index contributed by atoms with van der Waals surface area (Å²) in [4.78, 5) is 0. The standard InChI is InChI=1S/C19H25NO3/c1-13-6-5-7-14(2)18(13)11-20-12-19(21)15-8-16(22-3)10-17(9-15)23-4/h5-10,19-21H,11-12H2,1-4H3. The molecule has 2 rings (SSSR count). The van der Waals surface area contributed by atoms with E-state index in [9.17, 15) is 5.11 Å². The van der Waals surface area contributed by atoms with Crippen LogP contribution in [0.4, 0.5) is 0 Å².